The summed E-state index contributed by atoms with van der Waals surface area (Å²) >= 11 is 0. The Labute approximate surface area is 116 Å². The second-order valence-corrected chi connectivity index (χ2v) is 4.52. The summed E-state index contributed by atoms with van der Waals surface area (Å²) in [6, 6.07) is 15.7. The zero-order valence-corrected chi connectivity index (χ0v) is 11.1. The number of hydrogen-bond acceptors (Lipinski definition) is 3. The minimum atomic E-state index is -0.361. The molecule has 0 saturated carbocycles. The van der Waals surface area contributed by atoms with Gasteiger partial charge in [-0.05, 0) is 17.7 Å². The summed E-state index contributed by atoms with van der Waals surface area (Å²) in [5, 5.41) is 0. The van der Waals surface area contributed by atoms with Crippen molar-refractivity contribution in [3.05, 3.63) is 66.0 Å². The molecule has 1 heterocycles. The normalized spacial score (nSPS) is 10.7. The van der Waals surface area contributed by atoms with Crippen molar-refractivity contribution < 1.29 is 9.53 Å². The zero-order chi connectivity index (χ0) is 13.9. The van der Waals surface area contributed by atoms with E-state index in [1.54, 1.807) is 12.4 Å². The van der Waals surface area contributed by atoms with Gasteiger partial charge in [0.15, 0.2) is 0 Å². The minimum Gasteiger partial charge on any atom is -0.465 e. The number of nitrogens with zero attached hydrogens (tertiary/aromatic N) is 2. The summed E-state index contributed by atoms with van der Waals surface area (Å²) in [7, 11) is 1.38. The van der Waals surface area contributed by atoms with Crippen LogP contribution in [0.15, 0.2) is 54.9 Å². The van der Waals surface area contributed by atoms with E-state index in [9.17, 15) is 4.79 Å². The first-order valence-corrected chi connectivity index (χ1v) is 6.35. The van der Waals surface area contributed by atoms with Gasteiger partial charge in [-0.1, -0.05) is 36.4 Å². The standard InChI is InChI=1S/C16H14N2O2/c1-20-16(19)13-8-5-9-14-15(13)17-11-18(14)10-12-6-3-2-4-7-12/h2-9,11H,10H2,1H3. The molecule has 0 spiro atoms. The molecule has 4 nitrogen and oxygen atoms in total. The predicted molar refractivity (Wildman–Crippen MR) is 76.6 cm³/mol. The Morgan fingerprint density at radius 2 is 1.95 bits per heavy atom. The van der Waals surface area contributed by atoms with E-state index in [-0.39, 0.29) is 5.97 Å². The van der Waals surface area contributed by atoms with Crippen LogP contribution in [0.2, 0.25) is 0 Å². The van der Waals surface area contributed by atoms with E-state index in [1.165, 1.54) is 12.7 Å². The Morgan fingerprint density at radius 1 is 1.15 bits per heavy atom. The summed E-state index contributed by atoms with van der Waals surface area (Å²) in [5.74, 6) is -0.361. The first-order valence-electron chi connectivity index (χ1n) is 6.35. The lowest BCUT2D eigenvalue weighted by molar-refractivity contribution is 0.0603. The van der Waals surface area contributed by atoms with Crippen molar-refractivity contribution >= 4 is 17.0 Å². The van der Waals surface area contributed by atoms with Gasteiger partial charge < -0.3 is 9.30 Å². The average Bonchev–Trinajstić information content (AvgIpc) is 2.91. The minimum absolute atomic E-state index is 0.361. The van der Waals surface area contributed by atoms with E-state index in [0.29, 0.717) is 11.1 Å². The molecule has 0 unspecified atom stereocenters. The lowest BCUT2D eigenvalue weighted by Gasteiger charge is -2.05. The molecule has 0 saturated heterocycles. The number of esters is 1. The van der Waals surface area contributed by atoms with Gasteiger partial charge in [-0.2, -0.15) is 0 Å². The van der Waals surface area contributed by atoms with Crippen molar-refractivity contribution in [1.29, 1.82) is 0 Å². The van der Waals surface area contributed by atoms with Gasteiger partial charge in [0.1, 0.15) is 5.52 Å². The van der Waals surface area contributed by atoms with Crippen LogP contribution in [-0.4, -0.2) is 22.6 Å². The van der Waals surface area contributed by atoms with Crippen LogP contribution in [0.4, 0.5) is 0 Å². The molecule has 20 heavy (non-hydrogen) atoms. The van der Waals surface area contributed by atoms with Gasteiger partial charge in [0.05, 0.1) is 24.5 Å². The molecule has 0 atom stereocenters. The lowest BCUT2D eigenvalue weighted by atomic mass is 10.2. The molecule has 0 amide bonds. The highest BCUT2D eigenvalue weighted by Crippen LogP contribution is 2.19. The third kappa shape index (κ3) is 2.16. The Hall–Kier alpha value is -2.62. The topological polar surface area (TPSA) is 44.1 Å². The molecule has 0 bridgehead atoms. The molecular formula is C16H14N2O2. The van der Waals surface area contributed by atoms with Crippen LogP contribution in [0.3, 0.4) is 0 Å². The summed E-state index contributed by atoms with van der Waals surface area (Å²) in [4.78, 5) is 16.1. The molecule has 0 aliphatic carbocycles. The smallest absolute Gasteiger partial charge is 0.340 e. The van der Waals surface area contributed by atoms with Gasteiger partial charge >= 0.3 is 5.97 Å². The molecule has 1 aromatic heterocycles. The molecule has 4 heteroatoms. The first kappa shape index (κ1) is 12.4. The monoisotopic (exact) mass is 266 g/mol. The van der Waals surface area contributed by atoms with Crippen molar-refractivity contribution in [3.63, 3.8) is 0 Å². The van der Waals surface area contributed by atoms with Crippen molar-refractivity contribution in [1.82, 2.24) is 9.55 Å². The van der Waals surface area contributed by atoms with Crippen molar-refractivity contribution in [2.24, 2.45) is 0 Å². The Morgan fingerprint density at radius 3 is 2.70 bits per heavy atom. The van der Waals surface area contributed by atoms with E-state index in [0.717, 1.165) is 12.1 Å². The van der Waals surface area contributed by atoms with Gasteiger partial charge in [-0.15, -0.1) is 0 Å². The largest absolute Gasteiger partial charge is 0.465 e. The number of aromatic nitrogens is 2. The maximum absolute atomic E-state index is 11.7. The number of carbonyl (C=O) groups excluding carboxylic acids is 1. The van der Waals surface area contributed by atoms with Crippen molar-refractivity contribution in [3.8, 4) is 0 Å². The third-order valence-corrected chi connectivity index (χ3v) is 3.25. The fraction of sp³-hybridized carbons (Fsp3) is 0.125. The molecule has 0 N–H and O–H groups in total. The summed E-state index contributed by atoms with van der Waals surface area (Å²) < 4.78 is 6.81. The molecule has 2 aromatic carbocycles. The Kier molecular flexibility index (Phi) is 3.21. The maximum atomic E-state index is 11.7. The maximum Gasteiger partial charge on any atom is 0.340 e. The first-order chi connectivity index (χ1) is 9.79. The highest BCUT2D eigenvalue weighted by molar-refractivity contribution is 6.01. The number of para-hydroxylation sites is 1. The quantitative estimate of drug-likeness (QED) is 0.685. The highest BCUT2D eigenvalue weighted by atomic mass is 16.5. The third-order valence-electron chi connectivity index (χ3n) is 3.25. The van der Waals surface area contributed by atoms with E-state index >= 15 is 0 Å². The SMILES string of the molecule is COC(=O)c1cccc2c1ncn2Cc1ccccc1. The molecule has 3 rings (SSSR count). The second kappa shape index (κ2) is 5.17. The molecule has 0 aliphatic heterocycles. The van der Waals surface area contributed by atoms with Crippen LogP contribution >= 0.6 is 0 Å². The van der Waals surface area contributed by atoms with E-state index < -0.39 is 0 Å². The van der Waals surface area contributed by atoms with E-state index in [4.69, 9.17) is 4.74 Å². The van der Waals surface area contributed by atoms with Crippen LogP contribution in [0.25, 0.3) is 11.0 Å². The van der Waals surface area contributed by atoms with Crippen LogP contribution in [0.5, 0.6) is 0 Å². The van der Waals surface area contributed by atoms with Crippen LogP contribution in [0, 0.1) is 0 Å². The van der Waals surface area contributed by atoms with E-state index in [2.05, 4.69) is 17.1 Å². The number of ether oxygens (including phenoxy) is 1. The van der Waals surface area contributed by atoms with Crippen LogP contribution in [-0.2, 0) is 11.3 Å². The number of benzene rings is 2. The van der Waals surface area contributed by atoms with Gasteiger partial charge in [0.2, 0.25) is 0 Å². The number of methoxy groups -OCH3 is 1. The van der Waals surface area contributed by atoms with Gasteiger partial charge in [-0.25, -0.2) is 9.78 Å². The number of carbonyl (C=O) groups is 1. The number of fused-ring (bicyclic) bond motifs is 1. The number of rotatable bonds is 3. The van der Waals surface area contributed by atoms with Crippen LogP contribution in [0.1, 0.15) is 15.9 Å². The lowest BCUT2D eigenvalue weighted by Crippen LogP contribution is -2.02. The van der Waals surface area contributed by atoms with E-state index in [1.807, 2.05) is 34.9 Å². The Bertz CT molecular complexity index is 748. The summed E-state index contributed by atoms with van der Waals surface area (Å²) in [5.41, 5.74) is 3.29. The van der Waals surface area contributed by atoms with Gasteiger partial charge in [0.25, 0.3) is 0 Å². The summed E-state index contributed by atoms with van der Waals surface area (Å²) in [6.45, 7) is 0.724. The fourth-order valence-corrected chi connectivity index (χ4v) is 2.27. The molecule has 0 radical (unpaired) electrons. The molecule has 3 aromatic rings. The fourth-order valence-electron chi connectivity index (χ4n) is 2.27. The second-order valence-electron chi connectivity index (χ2n) is 4.52. The average molecular weight is 266 g/mol. The molecule has 0 fully saturated rings. The highest BCUT2D eigenvalue weighted by Gasteiger charge is 2.13. The molecular weight excluding hydrogens is 252 g/mol. The van der Waals surface area contributed by atoms with Crippen LogP contribution < -0.4 is 0 Å². The Balaban J connectivity index is 2.04. The molecule has 0 aliphatic rings. The van der Waals surface area contributed by atoms with Crippen molar-refractivity contribution in [2.45, 2.75) is 6.54 Å². The zero-order valence-electron chi connectivity index (χ0n) is 11.1. The summed E-state index contributed by atoms with van der Waals surface area (Å²) in [6.07, 6.45) is 1.75. The van der Waals surface area contributed by atoms with Gasteiger partial charge in [0, 0.05) is 6.54 Å². The number of imidazole rings is 1. The molecule has 100 valence electrons. The number of hydrogen-bond donors (Lipinski definition) is 0. The van der Waals surface area contributed by atoms with Crippen molar-refractivity contribution in [2.75, 3.05) is 7.11 Å². The predicted octanol–water partition coefficient (Wildman–Crippen LogP) is 2.87. The van der Waals surface area contributed by atoms with Gasteiger partial charge in [-0.3, -0.25) is 0 Å².